The summed E-state index contributed by atoms with van der Waals surface area (Å²) in [5, 5.41) is 11.9. The maximum Gasteiger partial charge on any atom is 0.219 e. The van der Waals surface area contributed by atoms with Crippen LogP contribution in [0.25, 0.3) is 10.9 Å². The molecule has 9 heteroatoms. The number of ether oxygens (including phenoxy) is 2. The quantitative estimate of drug-likeness (QED) is 0.386. The molecule has 164 valence electrons. The van der Waals surface area contributed by atoms with Gasteiger partial charge < -0.3 is 20.1 Å². The van der Waals surface area contributed by atoms with E-state index in [0.717, 1.165) is 23.2 Å². The van der Waals surface area contributed by atoms with Gasteiger partial charge in [-0.2, -0.15) is 5.10 Å². The molecule has 0 saturated heterocycles. The van der Waals surface area contributed by atoms with E-state index < -0.39 is 0 Å². The Morgan fingerprint density at radius 3 is 2.72 bits per heavy atom. The van der Waals surface area contributed by atoms with E-state index in [1.54, 1.807) is 16.9 Å². The zero-order valence-electron chi connectivity index (χ0n) is 17.9. The zero-order valence-corrected chi connectivity index (χ0v) is 17.9. The number of nitrogens with zero attached hydrogens (tertiary/aromatic N) is 5. The first-order valence-corrected chi connectivity index (χ1v) is 10.7. The molecule has 4 aromatic rings. The van der Waals surface area contributed by atoms with E-state index in [1.165, 1.54) is 25.6 Å². The zero-order chi connectivity index (χ0) is 21.8. The van der Waals surface area contributed by atoms with Gasteiger partial charge in [0.15, 0.2) is 5.82 Å². The Morgan fingerprint density at radius 1 is 1.06 bits per heavy atom. The fraction of sp³-hybridized carbons (Fsp3) is 0.304. The van der Waals surface area contributed by atoms with E-state index in [0.29, 0.717) is 35.9 Å². The summed E-state index contributed by atoms with van der Waals surface area (Å²) < 4.78 is 13.4. The fourth-order valence-electron chi connectivity index (χ4n) is 3.48. The predicted molar refractivity (Wildman–Crippen MR) is 121 cm³/mol. The number of rotatable bonds is 9. The van der Waals surface area contributed by atoms with E-state index in [2.05, 4.69) is 30.7 Å². The van der Waals surface area contributed by atoms with Gasteiger partial charge in [-0.3, -0.25) is 4.68 Å². The lowest BCUT2D eigenvalue weighted by Crippen LogP contribution is -2.37. The normalized spacial score (nSPS) is 13.7. The Kier molecular flexibility index (Phi) is 5.80. The molecule has 32 heavy (non-hydrogen) atoms. The first-order chi connectivity index (χ1) is 15.7. The number of anilines is 2. The van der Waals surface area contributed by atoms with E-state index in [9.17, 15) is 0 Å². The van der Waals surface area contributed by atoms with Crippen LogP contribution in [-0.2, 0) is 7.05 Å². The summed E-state index contributed by atoms with van der Waals surface area (Å²) in [6.07, 6.45) is 8.94. The Bertz CT molecular complexity index is 1190. The van der Waals surface area contributed by atoms with Crippen LogP contribution in [0.1, 0.15) is 19.3 Å². The van der Waals surface area contributed by atoms with Gasteiger partial charge >= 0.3 is 0 Å². The van der Waals surface area contributed by atoms with Crippen LogP contribution in [-0.4, -0.2) is 43.9 Å². The first-order valence-electron chi connectivity index (χ1n) is 10.7. The van der Waals surface area contributed by atoms with Gasteiger partial charge in [-0.25, -0.2) is 15.0 Å². The fourth-order valence-corrected chi connectivity index (χ4v) is 3.48. The highest BCUT2D eigenvalue weighted by Crippen LogP contribution is 2.29. The van der Waals surface area contributed by atoms with E-state index >= 15 is 0 Å². The van der Waals surface area contributed by atoms with Crippen LogP contribution in [0.5, 0.6) is 17.4 Å². The maximum absolute atomic E-state index is 5.95. The number of nitrogens with one attached hydrogen (secondary N) is 2. The molecule has 1 fully saturated rings. The second-order valence-electron chi connectivity index (χ2n) is 7.77. The number of aromatic nitrogens is 5. The van der Waals surface area contributed by atoms with Crippen LogP contribution in [0.3, 0.4) is 0 Å². The van der Waals surface area contributed by atoms with Crippen molar-refractivity contribution < 1.29 is 9.47 Å². The molecule has 0 bridgehead atoms. The summed E-state index contributed by atoms with van der Waals surface area (Å²) in [4.78, 5) is 13.1. The summed E-state index contributed by atoms with van der Waals surface area (Å²) in [5.41, 5.74) is 0.804. The van der Waals surface area contributed by atoms with Crippen LogP contribution in [0, 0.1) is 0 Å². The van der Waals surface area contributed by atoms with Crippen molar-refractivity contribution in [3.63, 3.8) is 0 Å². The molecule has 0 unspecified atom stereocenters. The van der Waals surface area contributed by atoms with Crippen molar-refractivity contribution in [2.24, 2.45) is 7.05 Å². The van der Waals surface area contributed by atoms with Crippen LogP contribution in [0.15, 0.2) is 55.1 Å². The number of benzene rings is 1. The summed E-state index contributed by atoms with van der Waals surface area (Å²) in [5.74, 6) is 3.22. The molecular weight excluding hydrogens is 406 g/mol. The van der Waals surface area contributed by atoms with Gasteiger partial charge in [0.2, 0.25) is 5.88 Å². The number of fused-ring (bicyclic) bond motifs is 1. The molecular formula is C23H25N7O2. The highest BCUT2D eigenvalue weighted by molar-refractivity contribution is 5.91. The monoisotopic (exact) mass is 431 g/mol. The van der Waals surface area contributed by atoms with Crippen molar-refractivity contribution in [2.75, 3.05) is 18.5 Å². The third kappa shape index (κ3) is 4.78. The highest BCUT2D eigenvalue weighted by Gasteiger charge is 2.15. The minimum atomic E-state index is 0.486. The van der Waals surface area contributed by atoms with Crippen LogP contribution >= 0.6 is 0 Å². The van der Waals surface area contributed by atoms with Gasteiger partial charge in [0.1, 0.15) is 30.3 Å². The van der Waals surface area contributed by atoms with Gasteiger partial charge in [0.25, 0.3) is 0 Å². The molecule has 0 aliphatic heterocycles. The Labute approximate surface area is 185 Å². The number of hydrogen-bond donors (Lipinski definition) is 2. The third-order valence-corrected chi connectivity index (χ3v) is 5.41. The molecule has 1 aromatic carbocycles. The van der Waals surface area contributed by atoms with Crippen LogP contribution < -0.4 is 20.1 Å². The highest BCUT2D eigenvalue weighted by atomic mass is 16.5. The summed E-state index contributed by atoms with van der Waals surface area (Å²) in [6.45, 7) is 1.46. The Morgan fingerprint density at radius 2 is 1.97 bits per heavy atom. The smallest absolute Gasteiger partial charge is 0.219 e. The molecule has 3 heterocycles. The van der Waals surface area contributed by atoms with Crippen molar-refractivity contribution in [3.05, 3.63) is 55.1 Å². The molecule has 9 nitrogen and oxygen atoms in total. The van der Waals surface area contributed by atoms with E-state index in [1.807, 2.05) is 43.6 Å². The van der Waals surface area contributed by atoms with Gasteiger partial charge in [-0.15, -0.1) is 0 Å². The largest absolute Gasteiger partial charge is 0.491 e. The SMILES string of the molecule is Cn1ccc(Nc2ncnc3ccc(Oc4ccc(OCCNC5CCC5)cn4)cc23)n1. The molecule has 1 aliphatic rings. The standard InChI is InChI=1S/C23H25N7O2/c1-30-11-9-21(29-30)28-23-19-13-17(5-7-20(19)26-15-27-23)32-22-8-6-18(14-25-22)31-12-10-24-16-3-2-4-16/h5-9,11,13-16,24H,2-4,10,12H2,1H3,(H,26,27,28,29). The predicted octanol–water partition coefficient (Wildman–Crippen LogP) is 3.82. The molecule has 1 saturated carbocycles. The first kappa shape index (κ1) is 20.2. The second kappa shape index (κ2) is 9.19. The molecule has 0 atom stereocenters. The van der Waals surface area contributed by atoms with Crippen molar-refractivity contribution >= 4 is 22.5 Å². The van der Waals surface area contributed by atoms with Gasteiger partial charge in [-0.1, -0.05) is 6.42 Å². The van der Waals surface area contributed by atoms with Crippen molar-refractivity contribution in [1.82, 2.24) is 30.0 Å². The van der Waals surface area contributed by atoms with E-state index in [-0.39, 0.29) is 0 Å². The summed E-state index contributed by atoms with van der Waals surface area (Å²) >= 11 is 0. The maximum atomic E-state index is 5.95. The van der Waals surface area contributed by atoms with Gasteiger partial charge in [0, 0.05) is 43.4 Å². The second-order valence-corrected chi connectivity index (χ2v) is 7.77. The lowest BCUT2D eigenvalue weighted by Gasteiger charge is -2.26. The topological polar surface area (TPSA) is 99.0 Å². The average Bonchev–Trinajstić information content (AvgIpc) is 3.18. The minimum absolute atomic E-state index is 0.486. The third-order valence-electron chi connectivity index (χ3n) is 5.41. The lowest BCUT2D eigenvalue weighted by molar-refractivity contribution is 0.275. The molecule has 3 aromatic heterocycles. The van der Waals surface area contributed by atoms with Gasteiger partial charge in [-0.05, 0) is 37.1 Å². The summed E-state index contributed by atoms with van der Waals surface area (Å²) in [6, 6.07) is 11.8. The van der Waals surface area contributed by atoms with Crippen molar-refractivity contribution in [2.45, 2.75) is 25.3 Å². The van der Waals surface area contributed by atoms with Crippen LogP contribution in [0.2, 0.25) is 0 Å². The molecule has 0 amide bonds. The van der Waals surface area contributed by atoms with Crippen molar-refractivity contribution in [1.29, 1.82) is 0 Å². The molecule has 2 N–H and O–H groups in total. The molecule has 0 spiro atoms. The Hall–Kier alpha value is -3.72. The lowest BCUT2D eigenvalue weighted by atomic mass is 9.93. The Balaban J connectivity index is 1.23. The summed E-state index contributed by atoms with van der Waals surface area (Å²) in [7, 11) is 1.87. The molecule has 0 radical (unpaired) electrons. The number of aryl methyl sites for hydroxylation is 1. The molecule has 1 aliphatic carbocycles. The van der Waals surface area contributed by atoms with Crippen molar-refractivity contribution in [3.8, 4) is 17.4 Å². The van der Waals surface area contributed by atoms with Crippen LogP contribution in [0.4, 0.5) is 11.6 Å². The van der Waals surface area contributed by atoms with E-state index in [4.69, 9.17) is 9.47 Å². The number of pyridine rings is 1. The average molecular weight is 432 g/mol. The number of hydrogen-bond acceptors (Lipinski definition) is 8. The van der Waals surface area contributed by atoms with Gasteiger partial charge in [0.05, 0.1) is 11.7 Å². The molecule has 5 rings (SSSR count). The minimum Gasteiger partial charge on any atom is -0.491 e.